The van der Waals surface area contributed by atoms with Crippen LogP contribution in [0.25, 0.3) is 5.57 Å². The van der Waals surface area contributed by atoms with Crippen LogP contribution in [-0.2, 0) is 0 Å². The molecule has 0 aliphatic carbocycles. The summed E-state index contributed by atoms with van der Waals surface area (Å²) in [7, 11) is 0. The number of rotatable bonds is 4. The van der Waals surface area contributed by atoms with Gasteiger partial charge in [-0.3, -0.25) is 0 Å². The molecule has 0 saturated carbocycles. The minimum Gasteiger partial charge on any atom is -0.347 e. The second kappa shape index (κ2) is 4.26. The van der Waals surface area contributed by atoms with E-state index < -0.39 is 0 Å². The molecular formula is C11H12N2. The van der Waals surface area contributed by atoms with Crippen LogP contribution in [0, 0.1) is 0 Å². The molecule has 2 heteroatoms. The first kappa shape index (κ1) is 9.26. The zero-order chi connectivity index (χ0) is 9.68. The first-order valence-electron chi connectivity index (χ1n) is 3.94. The first-order valence-corrected chi connectivity index (χ1v) is 3.94. The van der Waals surface area contributed by atoms with Gasteiger partial charge in [-0.05, 0) is 23.9 Å². The molecule has 0 aliphatic heterocycles. The number of hydrogen-bond acceptors (Lipinski definition) is 2. The Kier molecular flexibility index (Phi) is 3.03. The predicted molar refractivity (Wildman–Crippen MR) is 57.3 cm³/mol. The number of nitrogens with zero attached hydrogens (tertiary/aromatic N) is 1. The Labute approximate surface area is 78.3 Å². The first-order chi connectivity index (χ1) is 6.27. The third kappa shape index (κ3) is 2.30. The van der Waals surface area contributed by atoms with Crippen LogP contribution >= 0.6 is 0 Å². The minimum atomic E-state index is 0.760. The summed E-state index contributed by atoms with van der Waals surface area (Å²) >= 11 is 0. The van der Waals surface area contributed by atoms with E-state index in [1.165, 1.54) is 0 Å². The maximum Gasteiger partial charge on any atom is 0.130 e. The molecule has 0 atom stereocenters. The van der Waals surface area contributed by atoms with Crippen LogP contribution in [0.1, 0.15) is 5.69 Å². The Bertz CT molecular complexity index is 340. The third-order valence-corrected chi connectivity index (χ3v) is 1.57. The molecule has 66 valence electrons. The van der Waals surface area contributed by atoms with Gasteiger partial charge < -0.3 is 5.32 Å². The zero-order valence-electron chi connectivity index (χ0n) is 7.46. The van der Waals surface area contributed by atoms with Gasteiger partial charge in [-0.15, -0.1) is 0 Å². The van der Waals surface area contributed by atoms with Gasteiger partial charge in [-0.25, -0.2) is 4.98 Å². The summed E-state index contributed by atoms with van der Waals surface area (Å²) in [5.74, 6) is 0.760. The van der Waals surface area contributed by atoms with Crippen molar-refractivity contribution in [2.75, 3.05) is 5.32 Å². The normalized spacial score (nSPS) is 8.92. The van der Waals surface area contributed by atoms with Gasteiger partial charge in [0.2, 0.25) is 0 Å². The molecule has 0 fully saturated rings. The number of pyridine rings is 1. The molecule has 0 spiro atoms. The molecule has 0 amide bonds. The number of nitrogens with one attached hydrogen (secondary N) is 1. The fourth-order valence-corrected chi connectivity index (χ4v) is 0.903. The summed E-state index contributed by atoms with van der Waals surface area (Å²) < 4.78 is 0. The van der Waals surface area contributed by atoms with Gasteiger partial charge in [-0.2, -0.15) is 0 Å². The van der Waals surface area contributed by atoms with E-state index in [0.717, 1.165) is 17.1 Å². The lowest BCUT2D eigenvalue weighted by atomic mass is 10.2. The molecule has 1 heterocycles. The quantitative estimate of drug-likeness (QED) is 0.706. The van der Waals surface area contributed by atoms with Crippen molar-refractivity contribution in [1.29, 1.82) is 0 Å². The summed E-state index contributed by atoms with van der Waals surface area (Å²) in [6, 6.07) is 5.66. The average Bonchev–Trinajstić information content (AvgIpc) is 2.18. The molecule has 0 radical (unpaired) electrons. The van der Waals surface area contributed by atoms with Crippen molar-refractivity contribution in [1.82, 2.24) is 4.98 Å². The van der Waals surface area contributed by atoms with E-state index in [4.69, 9.17) is 0 Å². The maximum absolute atomic E-state index is 4.28. The maximum atomic E-state index is 4.28. The van der Waals surface area contributed by atoms with Gasteiger partial charge in [0.1, 0.15) is 5.82 Å². The highest BCUT2D eigenvalue weighted by atomic mass is 15.0. The van der Waals surface area contributed by atoms with E-state index in [9.17, 15) is 0 Å². The van der Waals surface area contributed by atoms with Crippen LogP contribution in [0.2, 0.25) is 0 Å². The molecule has 1 aromatic heterocycles. The van der Waals surface area contributed by atoms with Crippen LogP contribution in [0.5, 0.6) is 0 Å². The molecular weight excluding hydrogens is 160 g/mol. The van der Waals surface area contributed by atoms with Crippen molar-refractivity contribution in [2.24, 2.45) is 0 Å². The molecule has 2 nitrogen and oxygen atoms in total. The lowest BCUT2D eigenvalue weighted by Gasteiger charge is -2.02. The highest BCUT2D eigenvalue weighted by molar-refractivity contribution is 5.69. The zero-order valence-corrected chi connectivity index (χ0v) is 7.46. The van der Waals surface area contributed by atoms with Crippen LogP contribution in [-0.4, -0.2) is 4.98 Å². The van der Waals surface area contributed by atoms with Crippen molar-refractivity contribution in [3.63, 3.8) is 0 Å². The lowest BCUT2D eigenvalue weighted by molar-refractivity contribution is 1.27. The fourth-order valence-electron chi connectivity index (χ4n) is 0.903. The molecule has 13 heavy (non-hydrogen) atoms. The number of aromatic nitrogens is 1. The van der Waals surface area contributed by atoms with Crippen molar-refractivity contribution in [3.8, 4) is 0 Å². The molecule has 1 N–H and O–H groups in total. The number of hydrogen-bond donors (Lipinski definition) is 1. The van der Waals surface area contributed by atoms with Crippen molar-refractivity contribution >= 4 is 11.4 Å². The Morgan fingerprint density at radius 1 is 1.38 bits per heavy atom. The van der Waals surface area contributed by atoms with E-state index in [1.54, 1.807) is 12.3 Å². The summed E-state index contributed by atoms with van der Waals surface area (Å²) in [5, 5.41) is 2.90. The predicted octanol–water partition coefficient (Wildman–Crippen LogP) is 2.84. The van der Waals surface area contributed by atoms with Crippen LogP contribution < -0.4 is 5.32 Å². The van der Waals surface area contributed by atoms with Gasteiger partial charge in [0.05, 0.1) is 5.69 Å². The molecule has 0 saturated heterocycles. The lowest BCUT2D eigenvalue weighted by Crippen LogP contribution is -1.93. The SMILES string of the molecule is C=CNc1cccc(C(=C)C=C)n1. The Morgan fingerprint density at radius 2 is 2.15 bits per heavy atom. The molecule has 0 unspecified atom stereocenters. The Morgan fingerprint density at radius 3 is 2.77 bits per heavy atom. The standard InChI is InChI=1S/C11H12N2/c1-4-9(3)10-7-6-8-11(13-10)12-5-2/h4-8H,1-3H2,(H,12,13). The van der Waals surface area contributed by atoms with Crippen molar-refractivity contribution < 1.29 is 0 Å². The smallest absolute Gasteiger partial charge is 0.130 e. The second-order valence-corrected chi connectivity index (χ2v) is 2.49. The van der Waals surface area contributed by atoms with E-state index in [1.807, 2.05) is 18.2 Å². The van der Waals surface area contributed by atoms with Crippen LogP contribution in [0.4, 0.5) is 5.82 Å². The van der Waals surface area contributed by atoms with E-state index >= 15 is 0 Å². The largest absolute Gasteiger partial charge is 0.347 e. The second-order valence-electron chi connectivity index (χ2n) is 2.49. The molecule has 0 bridgehead atoms. The third-order valence-electron chi connectivity index (χ3n) is 1.57. The summed E-state index contributed by atoms with van der Waals surface area (Å²) in [6.45, 7) is 11.0. The molecule has 0 aromatic carbocycles. The van der Waals surface area contributed by atoms with E-state index in [-0.39, 0.29) is 0 Å². The van der Waals surface area contributed by atoms with Crippen molar-refractivity contribution in [2.45, 2.75) is 0 Å². The molecule has 0 aliphatic rings. The highest BCUT2D eigenvalue weighted by Gasteiger charge is 1.96. The van der Waals surface area contributed by atoms with Crippen LogP contribution in [0.15, 0.2) is 50.2 Å². The Balaban J connectivity index is 2.97. The van der Waals surface area contributed by atoms with E-state index in [0.29, 0.717) is 0 Å². The average molecular weight is 172 g/mol. The number of anilines is 1. The highest BCUT2D eigenvalue weighted by Crippen LogP contribution is 2.12. The topological polar surface area (TPSA) is 24.9 Å². The van der Waals surface area contributed by atoms with Gasteiger partial charge in [0, 0.05) is 0 Å². The van der Waals surface area contributed by atoms with Gasteiger partial charge in [-0.1, -0.05) is 31.9 Å². The monoisotopic (exact) mass is 172 g/mol. The van der Waals surface area contributed by atoms with Gasteiger partial charge in [0.15, 0.2) is 0 Å². The summed E-state index contributed by atoms with van der Waals surface area (Å²) in [6.07, 6.45) is 3.27. The van der Waals surface area contributed by atoms with Crippen LogP contribution in [0.3, 0.4) is 0 Å². The molecule has 1 aromatic rings. The summed E-state index contributed by atoms with van der Waals surface area (Å²) in [4.78, 5) is 4.28. The number of allylic oxidation sites excluding steroid dienone is 2. The minimum absolute atomic E-state index is 0.760. The van der Waals surface area contributed by atoms with Gasteiger partial charge >= 0.3 is 0 Å². The summed E-state index contributed by atoms with van der Waals surface area (Å²) in [5.41, 5.74) is 1.63. The van der Waals surface area contributed by atoms with Gasteiger partial charge in [0.25, 0.3) is 0 Å². The van der Waals surface area contributed by atoms with E-state index in [2.05, 4.69) is 30.0 Å². The molecule has 1 rings (SSSR count). The fraction of sp³-hybridized carbons (Fsp3) is 0. The Hall–Kier alpha value is -1.83. The van der Waals surface area contributed by atoms with Crippen molar-refractivity contribution in [3.05, 3.63) is 55.9 Å².